The maximum atomic E-state index is 12.4. The summed E-state index contributed by atoms with van der Waals surface area (Å²) < 4.78 is 4.74. The van der Waals surface area contributed by atoms with Gasteiger partial charge in [-0.3, -0.25) is 9.69 Å². The smallest absolute Gasteiger partial charge is 0.337 e. The van der Waals surface area contributed by atoms with Crippen molar-refractivity contribution < 1.29 is 14.3 Å². The molecule has 2 aromatic rings. The molecular weight excluding hydrogens is 354 g/mol. The van der Waals surface area contributed by atoms with Crippen molar-refractivity contribution in [3.63, 3.8) is 0 Å². The van der Waals surface area contributed by atoms with E-state index in [1.165, 1.54) is 12.7 Å². The second-order valence-electron chi connectivity index (χ2n) is 7.22. The van der Waals surface area contributed by atoms with Gasteiger partial charge in [-0.25, -0.2) is 4.79 Å². The molecule has 0 aliphatic carbocycles. The quantitative estimate of drug-likeness (QED) is 0.807. The third kappa shape index (κ3) is 4.89. The highest BCUT2D eigenvalue weighted by Gasteiger charge is 2.25. The van der Waals surface area contributed by atoms with Gasteiger partial charge in [0.05, 0.1) is 19.2 Å². The highest BCUT2D eigenvalue weighted by molar-refractivity contribution is 5.92. The lowest BCUT2D eigenvalue weighted by atomic mass is 10.1. The zero-order chi connectivity index (χ0) is 20.1. The molecule has 148 valence electrons. The molecular formula is C22H27N3O3. The number of esters is 1. The van der Waals surface area contributed by atoms with E-state index in [1.54, 1.807) is 12.1 Å². The molecule has 1 atom stereocenters. The van der Waals surface area contributed by atoms with E-state index in [4.69, 9.17) is 4.74 Å². The van der Waals surface area contributed by atoms with E-state index in [1.807, 2.05) is 43.3 Å². The Morgan fingerprint density at radius 2 is 1.75 bits per heavy atom. The largest absolute Gasteiger partial charge is 0.465 e. The maximum Gasteiger partial charge on any atom is 0.337 e. The van der Waals surface area contributed by atoms with Gasteiger partial charge in [-0.15, -0.1) is 0 Å². The minimum absolute atomic E-state index is 0.00610. The molecule has 1 saturated heterocycles. The lowest BCUT2D eigenvalue weighted by Gasteiger charge is -2.40. The van der Waals surface area contributed by atoms with Gasteiger partial charge in [-0.2, -0.15) is 0 Å². The molecule has 6 heteroatoms. The van der Waals surface area contributed by atoms with Crippen molar-refractivity contribution >= 4 is 23.3 Å². The van der Waals surface area contributed by atoms with Crippen molar-refractivity contribution in [2.45, 2.75) is 19.9 Å². The Morgan fingerprint density at radius 1 is 1.07 bits per heavy atom. The van der Waals surface area contributed by atoms with Crippen LogP contribution in [0.5, 0.6) is 0 Å². The number of hydrogen-bond donors (Lipinski definition) is 1. The number of aryl methyl sites for hydroxylation is 1. The molecule has 0 spiro atoms. The zero-order valence-corrected chi connectivity index (χ0v) is 16.6. The molecule has 0 radical (unpaired) electrons. The highest BCUT2D eigenvalue weighted by Crippen LogP contribution is 2.20. The maximum absolute atomic E-state index is 12.4. The Balaban J connectivity index is 1.53. The van der Waals surface area contributed by atoms with Gasteiger partial charge >= 0.3 is 5.97 Å². The fraction of sp³-hybridized carbons (Fsp3) is 0.364. The number of hydrogen-bond acceptors (Lipinski definition) is 5. The Kier molecular flexibility index (Phi) is 6.31. The van der Waals surface area contributed by atoms with Crippen molar-refractivity contribution in [1.82, 2.24) is 4.90 Å². The number of amides is 1. The van der Waals surface area contributed by atoms with Gasteiger partial charge in [0, 0.05) is 37.1 Å². The zero-order valence-electron chi connectivity index (χ0n) is 16.6. The molecule has 3 rings (SSSR count). The number of benzene rings is 2. The summed E-state index contributed by atoms with van der Waals surface area (Å²) in [7, 11) is 1.38. The second kappa shape index (κ2) is 8.89. The second-order valence-corrected chi connectivity index (χ2v) is 7.22. The molecule has 2 aromatic carbocycles. The predicted octanol–water partition coefficient (Wildman–Crippen LogP) is 2.93. The topological polar surface area (TPSA) is 61.9 Å². The molecule has 0 aromatic heterocycles. The van der Waals surface area contributed by atoms with Crippen LogP contribution in [-0.4, -0.2) is 56.1 Å². The first kappa shape index (κ1) is 19.9. The molecule has 1 aliphatic heterocycles. The summed E-state index contributed by atoms with van der Waals surface area (Å²) in [4.78, 5) is 28.4. The molecule has 0 saturated carbocycles. The number of rotatable bonds is 5. The van der Waals surface area contributed by atoms with Gasteiger partial charge < -0.3 is 15.0 Å². The minimum atomic E-state index is -0.329. The average Bonchev–Trinajstić information content (AvgIpc) is 2.71. The molecule has 6 nitrogen and oxygen atoms in total. The molecule has 1 heterocycles. The van der Waals surface area contributed by atoms with E-state index in [0.717, 1.165) is 31.0 Å². The minimum Gasteiger partial charge on any atom is -0.465 e. The predicted molar refractivity (Wildman–Crippen MR) is 111 cm³/mol. The van der Waals surface area contributed by atoms with E-state index in [9.17, 15) is 9.59 Å². The SMILES string of the molecule is COC(=O)c1ccc(N2CCN(CC(=O)Nc3ccc(C)cc3)C(C)C2)cc1. The summed E-state index contributed by atoms with van der Waals surface area (Å²) in [5, 5.41) is 2.96. The molecule has 1 aliphatic rings. The van der Waals surface area contributed by atoms with E-state index < -0.39 is 0 Å². The van der Waals surface area contributed by atoms with Crippen LogP contribution in [0, 0.1) is 6.92 Å². The van der Waals surface area contributed by atoms with Crippen molar-refractivity contribution in [3.8, 4) is 0 Å². The number of nitrogens with one attached hydrogen (secondary N) is 1. The van der Waals surface area contributed by atoms with Crippen LogP contribution in [0.3, 0.4) is 0 Å². The first-order valence-electron chi connectivity index (χ1n) is 9.50. The van der Waals surface area contributed by atoms with Crippen LogP contribution < -0.4 is 10.2 Å². The van der Waals surface area contributed by atoms with Crippen molar-refractivity contribution in [2.24, 2.45) is 0 Å². The summed E-state index contributed by atoms with van der Waals surface area (Å²) in [6.07, 6.45) is 0. The van der Waals surface area contributed by atoms with Gasteiger partial charge in [0.15, 0.2) is 0 Å². The van der Waals surface area contributed by atoms with Crippen LogP contribution in [-0.2, 0) is 9.53 Å². The van der Waals surface area contributed by atoms with Crippen LogP contribution in [0.2, 0.25) is 0 Å². The Labute approximate surface area is 166 Å². The lowest BCUT2D eigenvalue weighted by Crippen LogP contribution is -2.53. The molecule has 0 bridgehead atoms. The summed E-state index contributed by atoms with van der Waals surface area (Å²) in [5.74, 6) is -0.323. The average molecular weight is 381 g/mol. The van der Waals surface area contributed by atoms with Gasteiger partial charge in [-0.1, -0.05) is 17.7 Å². The Morgan fingerprint density at radius 3 is 2.36 bits per heavy atom. The monoisotopic (exact) mass is 381 g/mol. The fourth-order valence-electron chi connectivity index (χ4n) is 3.41. The third-order valence-electron chi connectivity index (χ3n) is 5.10. The number of anilines is 2. The van der Waals surface area contributed by atoms with Gasteiger partial charge in [-0.05, 0) is 50.2 Å². The van der Waals surface area contributed by atoms with E-state index in [-0.39, 0.29) is 17.9 Å². The van der Waals surface area contributed by atoms with Gasteiger partial charge in [0.25, 0.3) is 0 Å². The van der Waals surface area contributed by atoms with Crippen LogP contribution in [0.1, 0.15) is 22.8 Å². The van der Waals surface area contributed by atoms with Crippen LogP contribution in [0.25, 0.3) is 0 Å². The standard InChI is InChI=1S/C22H27N3O3/c1-16-4-8-19(9-5-16)23-21(26)15-24-12-13-25(14-17(24)2)20-10-6-18(7-11-20)22(27)28-3/h4-11,17H,12-15H2,1-3H3,(H,23,26). The number of carbonyl (C=O) groups is 2. The summed E-state index contributed by atoms with van der Waals surface area (Å²) in [6, 6.07) is 15.5. The Bertz CT molecular complexity index is 818. The lowest BCUT2D eigenvalue weighted by molar-refractivity contribution is -0.117. The molecule has 1 N–H and O–H groups in total. The van der Waals surface area contributed by atoms with Gasteiger partial charge in [0.1, 0.15) is 0 Å². The first-order valence-corrected chi connectivity index (χ1v) is 9.50. The number of methoxy groups -OCH3 is 1. The van der Waals surface area contributed by atoms with Crippen LogP contribution in [0.15, 0.2) is 48.5 Å². The highest BCUT2D eigenvalue weighted by atomic mass is 16.5. The van der Waals surface area contributed by atoms with Crippen molar-refractivity contribution in [2.75, 3.05) is 43.5 Å². The number of carbonyl (C=O) groups excluding carboxylic acids is 2. The third-order valence-corrected chi connectivity index (χ3v) is 5.10. The molecule has 28 heavy (non-hydrogen) atoms. The summed E-state index contributed by atoms with van der Waals surface area (Å²) >= 11 is 0. The first-order chi connectivity index (χ1) is 13.5. The normalized spacial score (nSPS) is 17.2. The Hall–Kier alpha value is -2.86. The van der Waals surface area contributed by atoms with Crippen LogP contribution >= 0.6 is 0 Å². The summed E-state index contributed by atoms with van der Waals surface area (Å²) in [6.45, 7) is 7.00. The van der Waals surface area contributed by atoms with E-state index in [2.05, 4.69) is 22.0 Å². The fourth-order valence-corrected chi connectivity index (χ4v) is 3.41. The number of piperazine rings is 1. The molecule has 1 unspecified atom stereocenters. The van der Waals surface area contributed by atoms with E-state index >= 15 is 0 Å². The van der Waals surface area contributed by atoms with E-state index in [0.29, 0.717) is 12.1 Å². The molecule has 1 amide bonds. The van der Waals surface area contributed by atoms with Gasteiger partial charge in [0.2, 0.25) is 5.91 Å². The molecule has 1 fully saturated rings. The number of nitrogens with zero attached hydrogens (tertiary/aromatic N) is 2. The van der Waals surface area contributed by atoms with Crippen molar-refractivity contribution in [1.29, 1.82) is 0 Å². The number of ether oxygens (including phenoxy) is 1. The van der Waals surface area contributed by atoms with Crippen LogP contribution in [0.4, 0.5) is 11.4 Å². The summed E-state index contributed by atoms with van der Waals surface area (Å²) in [5.41, 5.74) is 3.61. The van der Waals surface area contributed by atoms with Crippen molar-refractivity contribution in [3.05, 3.63) is 59.7 Å².